The molecule has 0 aliphatic rings. The average molecular weight is 414 g/mol. The number of hydrogen-bond acceptors (Lipinski definition) is 4. The van der Waals surface area contributed by atoms with Crippen LogP contribution >= 0.6 is 11.3 Å². The molecule has 0 atom stereocenters. The molecule has 0 spiro atoms. The minimum absolute atomic E-state index is 0.381. The number of nitrogens with zero attached hydrogens (tertiary/aromatic N) is 3. The lowest BCUT2D eigenvalue weighted by molar-refractivity contribution is 1.43. The molecule has 0 radical (unpaired) electrons. The number of aromatic nitrogens is 1. The van der Waals surface area contributed by atoms with E-state index >= 15 is 0 Å². The van der Waals surface area contributed by atoms with Gasteiger partial charge in [0, 0.05) is 5.56 Å². The third-order valence-corrected chi connectivity index (χ3v) is 6.26. The van der Waals surface area contributed by atoms with Gasteiger partial charge in [-0.1, -0.05) is 48.5 Å². The van der Waals surface area contributed by atoms with E-state index in [1.807, 2.05) is 42.5 Å². The topological polar surface area (TPSA) is 60.5 Å². The number of hydrogen-bond donors (Lipinski definition) is 0. The molecule has 144 valence electrons. The highest BCUT2D eigenvalue weighted by atomic mass is 32.1. The molecule has 0 N–H and O–H groups in total. The van der Waals surface area contributed by atoms with Gasteiger partial charge in [-0.25, -0.2) is 4.98 Å². The normalized spacial score (nSPS) is 10.5. The molecular formula is C27H15N3S. The lowest BCUT2D eigenvalue weighted by Gasteiger charge is -2.10. The van der Waals surface area contributed by atoms with Crippen molar-refractivity contribution in [2.75, 3.05) is 0 Å². The zero-order valence-electron chi connectivity index (χ0n) is 16.4. The van der Waals surface area contributed by atoms with Crippen LogP contribution in [0.1, 0.15) is 11.1 Å². The zero-order valence-corrected chi connectivity index (χ0v) is 17.2. The van der Waals surface area contributed by atoms with Gasteiger partial charge in [-0.05, 0) is 64.7 Å². The van der Waals surface area contributed by atoms with Crippen molar-refractivity contribution in [3.63, 3.8) is 0 Å². The molecule has 5 aromatic rings. The molecule has 0 bridgehead atoms. The van der Waals surface area contributed by atoms with Crippen molar-refractivity contribution in [1.29, 1.82) is 10.5 Å². The second-order valence-electron chi connectivity index (χ2n) is 7.14. The summed E-state index contributed by atoms with van der Waals surface area (Å²) in [6, 6.07) is 34.3. The van der Waals surface area contributed by atoms with Crippen LogP contribution in [0, 0.1) is 22.7 Å². The van der Waals surface area contributed by atoms with Crippen molar-refractivity contribution in [2.24, 2.45) is 0 Å². The van der Waals surface area contributed by atoms with Crippen LogP contribution in [0.5, 0.6) is 0 Å². The standard InChI is InChI=1S/C27H15N3S/c28-16-20-11-10-19(12-24(20)17-29)22-13-21(18-6-2-1-3-7-18)14-23(15-22)27-30-25-8-4-5-9-26(25)31-27/h1-15H. The van der Waals surface area contributed by atoms with Crippen LogP contribution in [0.4, 0.5) is 0 Å². The largest absolute Gasteiger partial charge is 0.236 e. The Morgan fingerprint density at radius 1 is 0.581 bits per heavy atom. The van der Waals surface area contributed by atoms with Crippen molar-refractivity contribution >= 4 is 21.6 Å². The highest BCUT2D eigenvalue weighted by Crippen LogP contribution is 2.36. The SMILES string of the molecule is N#Cc1ccc(-c2cc(-c3ccccc3)cc(-c3nc4ccccc4s3)c2)cc1C#N. The summed E-state index contributed by atoms with van der Waals surface area (Å²) >= 11 is 1.67. The summed E-state index contributed by atoms with van der Waals surface area (Å²) in [4.78, 5) is 4.84. The van der Waals surface area contributed by atoms with Crippen LogP contribution in [-0.4, -0.2) is 4.98 Å². The van der Waals surface area contributed by atoms with Crippen molar-refractivity contribution in [3.05, 3.63) is 102 Å². The summed E-state index contributed by atoms with van der Waals surface area (Å²) in [7, 11) is 0. The van der Waals surface area contributed by atoms with Crippen LogP contribution < -0.4 is 0 Å². The first-order chi connectivity index (χ1) is 15.2. The lowest BCUT2D eigenvalue weighted by atomic mass is 9.94. The van der Waals surface area contributed by atoms with E-state index in [0.717, 1.165) is 43.0 Å². The molecule has 0 unspecified atom stereocenters. The van der Waals surface area contributed by atoms with Crippen molar-refractivity contribution < 1.29 is 0 Å². The molecule has 31 heavy (non-hydrogen) atoms. The first kappa shape index (κ1) is 18.8. The fourth-order valence-corrected chi connectivity index (χ4v) is 4.58. The van der Waals surface area contributed by atoms with E-state index in [1.165, 1.54) is 0 Å². The second kappa shape index (κ2) is 7.88. The highest BCUT2D eigenvalue weighted by Gasteiger charge is 2.12. The van der Waals surface area contributed by atoms with E-state index in [-0.39, 0.29) is 0 Å². The molecule has 0 aliphatic heterocycles. The van der Waals surface area contributed by atoms with Crippen molar-refractivity contribution in [3.8, 4) is 45.0 Å². The van der Waals surface area contributed by atoms with Gasteiger partial charge >= 0.3 is 0 Å². The summed E-state index contributed by atoms with van der Waals surface area (Å²) < 4.78 is 1.15. The van der Waals surface area contributed by atoms with E-state index in [1.54, 1.807) is 23.5 Å². The van der Waals surface area contributed by atoms with Gasteiger partial charge < -0.3 is 0 Å². The van der Waals surface area contributed by atoms with E-state index in [2.05, 4.69) is 48.5 Å². The van der Waals surface area contributed by atoms with E-state index < -0.39 is 0 Å². The quantitative estimate of drug-likeness (QED) is 0.319. The molecule has 0 saturated heterocycles. The average Bonchev–Trinajstić information content (AvgIpc) is 3.28. The summed E-state index contributed by atoms with van der Waals surface area (Å²) in [5.74, 6) is 0. The van der Waals surface area contributed by atoms with Gasteiger partial charge in [-0.3, -0.25) is 0 Å². The summed E-state index contributed by atoms with van der Waals surface area (Å²) in [5.41, 5.74) is 6.85. The number of fused-ring (bicyclic) bond motifs is 1. The molecule has 0 aliphatic carbocycles. The molecule has 4 aromatic carbocycles. The predicted molar refractivity (Wildman–Crippen MR) is 125 cm³/mol. The highest BCUT2D eigenvalue weighted by molar-refractivity contribution is 7.21. The Hall–Kier alpha value is -4.25. The fourth-order valence-electron chi connectivity index (χ4n) is 3.62. The molecule has 1 heterocycles. The van der Waals surface area contributed by atoms with E-state index in [4.69, 9.17) is 4.98 Å². The maximum absolute atomic E-state index is 9.46. The first-order valence-electron chi connectivity index (χ1n) is 9.76. The van der Waals surface area contributed by atoms with Crippen LogP contribution in [0.25, 0.3) is 43.0 Å². The van der Waals surface area contributed by atoms with Gasteiger partial charge in [0.2, 0.25) is 0 Å². The monoisotopic (exact) mass is 413 g/mol. The molecule has 1 aromatic heterocycles. The summed E-state index contributed by atoms with van der Waals surface area (Å²) in [5, 5.41) is 19.7. The van der Waals surface area contributed by atoms with Crippen LogP contribution in [0.2, 0.25) is 0 Å². The van der Waals surface area contributed by atoms with Gasteiger partial charge in [0.25, 0.3) is 0 Å². The Kier molecular flexibility index (Phi) is 4.77. The Labute approximate surface area is 184 Å². The van der Waals surface area contributed by atoms with Gasteiger partial charge in [-0.15, -0.1) is 11.3 Å². The van der Waals surface area contributed by atoms with Crippen LogP contribution in [0.3, 0.4) is 0 Å². The molecule has 4 heteroatoms. The maximum Gasteiger partial charge on any atom is 0.124 e. The minimum Gasteiger partial charge on any atom is -0.236 e. The number of para-hydroxylation sites is 1. The van der Waals surface area contributed by atoms with Crippen molar-refractivity contribution in [2.45, 2.75) is 0 Å². The summed E-state index contributed by atoms with van der Waals surface area (Å²) in [6.07, 6.45) is 0. The predicted octanol–water partition coefficient (Wildman–Crippen LogP) is 7.04. The molecular weight excluding hydrogens is 398 g/mol. The van der Waals surface area contributed by atoms with Gasteiger partial charge in [-0.2, -0.15) is 10.5 Å². The smallest absolute Gasteiger partial charge is 0.124 e. The molecule has 5 rings (SSSR count). The zero-order chi connectivity index (χ0) is 21.2. The van der Waals surface area contributed by atoms with E-state index in [0.29, 0.717) is 11.1 Å². The van der Waals surface area contributed by atoms with Crippen LogP contribution in [-0.2, 0) is 0 Å². The Morgan fingerprint density at radius 3 is 2.00 bits per heavy atom. The molecule has 0 amide bonds. The minimum atomic E-state index is 0.381. The third kappa shape index (κ3) is 3.57. The van der Waals surface area contributed by atoms with Gasteiger partial charge in [0.1, 0.15) is 17.1 Å². The van der Waals surface area contributed by atoms with Gasteiger partial charge in [0.15, 0.2) is 0 Å². The summed E-state index contributed by atoms with van der Waals surface area (Å²) in [6.45, 7) is 0. The molecule has 3 nitrogen and oxygen atoms in total. The Balaban J connectivity index is 1.72. The Bertz CT molecular complexity index is 1470. The number of benzene rings is 4. The second-order valence-corrected chi connectivity index (χ2v) is 8.17. The Morgan fingerprint density at radius 2 is 1.26 bits per heavy atom. The number of nitriles is 2. The molecule has 0 saturated carbocycles. The third-order valence-electron chi connectivity index (χ3n) is 5.17. The fraction of sp³-hybridized carbons (Fsp3) is 0. The van der Waals surface area contributed by atoms with Gasteiger partial charge in [0.05, 0.1) is 21.3 Å². The van der Waals surface area contributed by atoms with Crippen LogP contribution in [0.15, 0.2) is 91.0 Å². The molecule has 0 fully saturated rings. The van der Waals surface area contributed by atoms with E-state index in [9.17, 15) is 10.5 Å². The van der Waals surface area contributed by atoms with Crippen molar-refractivity contribution in [1.82, 2.24) is 4.98 Å². The lowest BCUT2D eigenvalue weighted by Crippen LogP contribution is -1.88. The maximum atomic E-state index is 9.46. The number of thiazole rings is 1. The number of rotatable bonds is 3. The first-order valence-corrected chi connectivity index (χ1v) is 10.6.